The molecule has 0 fully saturated rings. The second-order valence-corrected chi connectivity index (χ2v) is 9.93. The van der Waals surface area contributed by atoms with E-state index in [0.29, 0.717) is 27.2 Å². The molecule has 0 atom stereocenters. The van der Waals surface area contributed by atoms with E-state index < -0.39 is 0 Å². The first-order chi connectivity index (χ1) is 18.4. The molecule has 0 aliphatic carbocycles. The van der Waals surface area contributed by atoms with E-state index >= 15 is 0 Å². The van der Waals surface area contributed by atoms with Crippen molar-refractivity contribution in [3.05, 3.63) is 119 Å². The van der Waals surface area contributed by atoms with Crippen molar-refractivity contribution in [2.75, 3.05) is 23.6 Å². The van der Waals surface area contributed by atoms with Gasteiger partial charge in [-0.25, -0.2) is 0 Å². The molecule has 38 heavy (non-hydrogen) atoms. The summed E-state index contributed by atoms with van der Waals surface area (Å²) in [7, 11) is 0. The van der Waals surface area contributed by atoms with E-state index in [9.17, 15) is 4.79 Å². The molecule has 1 amide bonds. The highest BCUT2D eigenvalue weighted by atomic mass is 35.5. The van der Waals surface area contributed by atoms with Gasteiger partial charge in [-0.3, -0.25) is 4.79 Å². The van der Waals surface area contributed by atoms with Gasteiger partial charge in [-0.1, -0.05) is 72.8 Å². The van der Waals surface area contributed by atoms with Gasteiger partial charge in [0, 0.05) is 28.4 Å². The number of fused-ring (bicyclic) bond motifs is 3. The van der Waals surface area contributed by atoms with E-state index in [1.807, 2.05) is 41.4 Å². The molecule has 7 heteroatoms. The summed E-state index contributed by atoms with van der Waals surface area (Å²) in [5.41, 5.74) is 5.49. The van der Waals surface area contributed by atoms with Gasteiger partial charge in [-0.2, -0.15) is 0 Å². The Kier molecular flexibility index (Phi) is 6.10. The topological polar surface area (TPSA) is 50.8 Å². The molecule has 2 aliphatic rings. The highest BCUT2D eigenvalue weighted by molar-refractivity contribution is 6.36. The third-order valence-corrected chi connectivity index (χ3v) is 7.23. The van der Waals surface area contributed by atoms with E-state index in [1.165, 1.54) is 0 Å². The largest absolute Gasteiger partial charge is 0.454 e. The summed E-state index contributed by atoms with van der Waals surface area (Å²) in [5.74, 6) is 1.00. The first-order valence-corrected chi connectivity index (χ1v) is 12.7. The molecule has 2 heterocycles. The molecule has 4 aromatic rings. The minimum atomic E-state index is -0.253. The smallest absolute Gasteiger partial charge is 0.244 e. The zero-order valence-corrected chi connectivity index (χ0v) is 21.8. The Bertz CT molecular complexity index is 1690. The monoisotopic (exact) mass is 540 g/mol. The Morgan fingerprint density at radius 2 is 1.71 bits per heavy atom. The number of amides is 1. The van der Waals surface area contributed by atoms with Crippen LogP contribution in [0.5, 0.6) is 11.5 Å². The fourth-order valence-corrected chi connectivity index (χ4v) is 5.17. The lowest BCUT2D eigenvalue weighted by molar-refractivity contribution is -0.114. The summed E-state index contributed by atoms with van der Waals surface area (Å²) in [6.07, 6.45) is 1.91. The third kappa shape index (κ3) is 4.40. The van der Waals surface area contributed by atoms with Crippen molar-refractivity contribution in [1.82, 2.24) is 0 Å². The molecule has 0 unspecified atom stereocenters. The van der Waals surface area contributed by atoms with Crippen molar-refractivity contribution in [2.45, 2.75) is 0 Å². The van der Waals surface area contributed by atoms with Gasteiger partial charge in [0.15, 0.2) is 11.5 Å². The summed E-state index contributed by atoms with van der Waals surface area (Å²) in [6.45, 7) is 8.96. The Morgan fingerprint density at radius 3 is 2.50 bits per heavy atom. The minimum Gasteiger partial charge on any atom is -0.454 e. The summed E-state index contributed by atoms with van der Waals surface area (Å²) in [5, 5.41) is 6.00. The quantitative estimate of drug-likeness (QED) is 0.279. The summed E-state index contributed by atoms with van der Waals surface area (Å²) < 4.78 is 11.2. The number of ether oxygens (including phenoxy) is 2. The van der Waals surface area contributed by atoms with Crippen LogP contribution in [0.15, 0.2) is 97.7 Å². The van der Waals surface area contributed by atoms with Crippen molar-refractivity contribution in [2.24, 2.45) is 0 Å². The molecule has 0 saturated carbocycles. The first kappa shape index (κ1) is 24.2. The SMILES string of the molecule is C=C(C1=CN(CC(=O)Nc2ccc(Cl)cc2Cl)c2cc3c(cc2C1=C)OCO3)c1ccc2ccccc2c1. The molecule has 5 nitrogen and oxygen atoms in total. The van der Waals surface area contributed by atoms with Crippen LogP contribution in [0.3, 0.4) is 0 Å². The molecule has 0 spiro atoms. The molecule has 1 N–H and O–H groups in total. The molecular formula is C31H22Cl2N2O3. The van der Waals surface area contributed by atoms with Gasteiger partial charge in [0.25, 0.3) is 0 Å². The lowest BCUT2D eigenvalue weighted by Gasteiger charge is -2.31. The Hall–Kier alpha value is -4.19. The van der Waals surface area contributed by atoms with E-state index in [1.54, 1.807) is 18.2 Å². The molecule has 188 valence electrons. The van der Waals surface area contributed by atoms with Gasteiger partial charge in [-0.05, 0) is 57.8 Å². The average molecular weight is 541 g/mol. The molecule has 0 radical (unpaired) electrons. The number of anilines is 2. The molecular weight excluding hydrogens is 519 g/mol. The van der Waals surface area contributed by atoms with Crippen LogP contribution in [0.4, 0.5) is 11.4 Å². The molecule has 0 bridgehead atoms. The van der Waals surface area contributed by atoms with E-state index in [0.717, 1.165) is 44.3 Å². The van der Waals surface area contributed by atoms with Crippen LogP contribution < -0.4 is 19.7 Å². The van der Waals surface area contributed by atoms with Gasteiger partial charge in [0.2, 0.25) is 12.7 Å². The second-order valence-electron chi connectivity index (χ2n) is 9.08. The number of carbonyl (C=O) groups excluding carboxylic acids is 1. The maximum absolute atomic E-state index is 13.2. The van der Waals surface area contributed by atoms with Gasteiger partial charge >= 0.3 is 0 Å². The lowest BCUT2D eigenvalue weighted by atomic mass is 9.87. The fraction of sp³-hybridized carbons (Fsp3) is 0.0645. The maximum atomic E-state index is 13.2. The van der Waals surface area contributed by atoms with Gasteiger partial charge in [0.05, 0.1) is 16.4 Å². The van der Waals surface area contributed by atoms with Crippen LogP contribution in [0.1, 0.15) is 11.1 Å². The zero-order chi connectivity index (χ0) is 26.4. The highest BCUT2D eigenvalue weighted by Crippen LogP contribution is 2.47. The summed E-state index contributed by atoms with van der Waals surface area (Å²) in [4.78, 5) is 15.0. The van der Waals surface area contributed by atoms with Crippen molar-refractivity contribution >= 4 is 62.4 Å². The number of carbonyl (C=O) groups is 1. The van der Waals surface area contributed by atoms with Crippen molar-refractivity contribution in [3.63, 3.8) is 0 Å². The van der Waals surface area contributed by atoms with Crippen molar-refractivity contribution in [1.29, 1.82) is 0 Å². The number of rotatable bonds is 5. The number of nitrogens with one attached hydrogen (secondary N) is 1. The Labute approximate surface area is 230 Å². The Morgan fingerprint density at radius 1 is 0.947 bits per heavy atom. The van der Waals surface area contributed by atoms with Crippen molar-refractivity contribution < 1.29 is 14.3 Å². The lowest BCUT2D eigenvalue weighted by Crippen LogP contribution is -2.32. The van der Waals surface area contributed by atoms with Crippen LogP contribution in [0, 0.1) is 0 Å². The average Bonchev–Trinajstić information content (AvgIpc) is 3.38. The van der Waals surface area contributed by atoms with E-state index in [2.05, 4.69) is 42.7 Å². The molecule has 4 aromatic carbocycles. The maximum Gasteiger partial charge on any atom is 0.244 e. The zero-order valence-electron chi connectivity index (χ0n) is 20.3. The summed E-state index contributed by atoms with van der Waals surface area (Å²) >= 11 is 12.3. The standard InChI is InChI=1S/C31H22Cl2N2O3/c1-18(21-8-7-20-5-3-4-6-22(20)11-21)25-15-35(16-31(36)34-27-10-9-23(32)12-26(27)33)28-14-30-29(37-17-38-30)13-24(28)19(25)2/h3-15H,1-2,16-17H2,(H,34,36). The van der Waals surface area contributed by atoms with Crippen LogP contribution in [0.2, 0.25) is 10.0 Å². The molecule has 6 rings (SSSR count). The van der Waals surface area contributed by atoms with E-state index in [4.69, 9.17) is 32.7 Å². The predicted octanol–water partition coefficient (Wildman–Crippen LogP) is 7.94. The number of hydrogen-bond donors (Lipinski definition) is 1. The van der Waals surface area contributed by atoms with Gasteiger partial charge in [0.1, 0.15) is 6.54 Å². The molecule has 2 aliphatic heterocycles. The van der Waals surface area contributed by atoms with Gasteiger partial charge < -0.3 is 19.7 Å². The number of allylic oxidation sites excluding steroid dienone is 3. The number of halogens is 2. The first-order valence-electron chi connectivity index (χ1n) is 11.9. The Balaban J connectivity index is 1.37. The number of nitrogens with zero attached hydrogens (tertiary/aromatic N) is 1. The summed E-state index contributed by atoms with van der Waals surface area (Å²) in [6, 6.07) is 23.1. The number of hydrogen-bond acceptors (Lipinski definition) is 4. The van der Waals surface area contributed by atoms with Gasteiger partial charge in [-0.15, -0.1) is 0 Å². The fourth-order valence-electron chi connectivity index (χ4n) is 4.72. The molecule has 0 aromatic heterocycles. The number of benzene rings is 4. The van der Waals surface area contributed by atoms with Crippen LogP contribution in [-0.4, -0.2) is 19.2 Å². The van der Waals surface area contributed by atoms with Crippen LogP contribution >= 0.6 is 23.2 Å². The highest BCUT2D eigenvalue weighted by Gasteiger charge is 2.28. The predicted molar refractivity (Wildman–Crippen MR) is 155 cm³/mol. The second kappa shape index (κ2) is 9.60. The van der Waals surface area contributed by atoms with Crippen LogP contribution in [0.25, 0.3) is 21.9 Å². The normalized spacial score (nSPS) is 13.8. The molecule has 0 saturated heterocycles. The van der Waals surface area contributed by atoms with Crippen LogP contribution in [-0.2, 0) is 4.79 Å². The van der Waals surface area contributed by atoms with E-state index in [-0.39, 0.29) is 19.2 Å². The third-order valence-electron chi connectivity index (χ3n) is 6.68. The minimum absolute atomic E-state index is 0.0212. The van der Waals surface area contributed by atoms with Crippen molar-refractivity contribution in [3.8, 4) is 11.5 Å².